The van der Waals surface area contributed by atoms with Crippen molar-refractivity contribution in [3.05, 3.63) is 83.4 Å². The molecule has 0 radical (unpaired) electrons. The predicted octanol–water partition coefficient (Wildman–Crippen LogP) is 6.27. The summed E-state index contributed by atoms with van der Waals surface area (Å²) >= 11 is 0. The van der Waals surface area contributed by atoms with E-state index < -0.39 is 0 Å². The van der Waals surface area contributed by atoms with Crippen LogP contribution in [-0.4, -0.2) is 26.2 Å². The minimum Gasteiger partial charge on any atom is -0.493 e. The molecule has 1 atom stereocenters. The number of ether oxygens (including phenoxy) is 3. The predicted molar refractivity (Wildman–Crippen MR) is 139 cm³/mol. The molecule has 5 heteroatoms. The molecule has 184 valence electrons. The van der Waals surface area contributed by atoms with Crippen LogP contribution in [0.15, 0.2) is 66.7 Å². The molecule has 0 fully saturated rings. The zero-order chi connectivity index (χ0) is 24.5. The first-order valence-electron chi connectivity index (χ1n) is 12.5. The number of amides is 1. The maximum atomic E-state index is 12.7. The number of nitrogens with one attached hydrogen (secondary N) is 1. The average molecular weight is 474 g/mol. The summed E-state index contributed by atoms with van der Waals surface area (Å²) in [6.07, 6.45) is 7.04. The van der Waals surface area contributed by atoms with Gasteiger partial charge in [-0.3, -0.25) is 4.79 Å². The third kappa shape index (κ3) is 7.01. The molecule has 3 aromatic carbocycles. The quantitative estimate of drug-likeness (QED) is 0.458. The van der Waals surface area contributed by atoms with E-state index in [1.54, 1.807) is 14.2 Å². The molecule has 0 saturated carbocycles. The van der Waals surface area contributed by atoms with Gasteiger partial charge in [-0.25, -0.2) is 0 Å². The highest BCUT2D eigenvalue weighted by atomic mass is 16.5. The first kappa shape index (κ1) is 24.6. The Bertz CT molecular complexity index is 1110. The second kappa shape index (κ2) is 12.3. The van der Waals surface area contributed by atoms with Crippen molar-refractivity contribution in [1.82, 2.24) is 5.32 Å². The number of hydrogen-bond acceptors (Lipinski definition) is 4. The van der Waals surface area contributed by atoms with Crippen molar-refractivity contribution in [1.29, 1.82) is 0 Å². The van der Waals surface area contributed by atoms with Crippen LogP contribution in [0.1, 0.15) is 48.8 Å². The summed E-state index contributed by atoms with van der Waals surface area (Å²) < 4.78 is 17.4. The van der Waals surface area contributed by atoms with Crippen LogP contribution in [0.2, 0.25) is 0 Å². The fraction of sp³-hybridized carbons (Fsp3) is 0.367. The van der Waals surface area contributed by atoms with Gasteiger partial charge >= 0.3 is 0 Å². The van der Waals surface area contributed by atoms with Crippen LogP contribution in [0, 0.1) is 0 Å². The van der Waals surface area contributed by atoms with Crippen LogP contribution in [-0.2, 0) is 24.1 Å². The maximum absolute atomic E-state index is 12.7. The summed E-state index contributed by atoms with van der Waals surface area (Å²) in [5, 5.41) is 3.31. The van der Waals surface area contributed by atoms with E-state index in [0.717, 1.165) is 50.5 Å². The molecule has 5 nitrogen and oxygen atoms in total. The molecule has 1 aliphatic heterocycles. The van der Waals surface area contributed by atoms with Crippen LogP contribution >= 0.6 is 0 Å². The molecule has 35 heavy (non-hydrogen) atoms. The van der Waals surface area contributed by atoms with Gasteiger partial charge in [-0.1, -0.05) is 48.9 Å². The molecular weight excluding hydrogens is 438 g/mol. The van der Waals surface area contributed by atoms with Crippen molar-refractivity contribution in [2.45, 2.75) is 57.4 Å². The summed E-state index contributed by atoms with van der Waals surface area (Å²) in [4.78, 5) is 12.7. The van der Waals surface area contributed by atoms with Crippen molar-refractivity contribution in [2.75, 3.05) is 14.2 Å². The first-order valence-corrected chi connectivity index (χ1v) is 12.5. The fourth-order valence-electron chi connectivity index (χ4n) is 4.58. The fourth-order valence-corrected chi connectivity index (χ4v) is 4.58. The van der Waals surface area contributed by atoms with E-state index >= 15 is 0 Å². The number of fused-ring (bicyclic) bond motifs is 4. The van der Waals surface area contributed by atoms with Crippen LogP contribution in [0.4, 0.5) is 0 Å². The number of carbonyl (C=O) groups is 1. The van der Waals surface area contributed by atoms with Crippen LogP contribution < -0.4 is 19.5 Å². The summed E-state index contributed by atoms with van der Waals surface area (Å²) in [7, 11) is 3.30. The van der Waals surface area contributed by atoms with Gasteiger partial charge in [-0.15, -0.1) is 0 Å². The lowest BCUT2D eigenvalue weighted by Gasteiger charge is -2.20. The van der Waals surface area contributed by atoms with Gasteiger partial charge in [0, 0.05) is 12.5 Å². The minimum atomic E-state index is 0.124. The highest BCUT2D eigenvalue weighted by molar-refractivity contribution is 5.76. The van der Waals surface area contributed by atoms with E-state index in [2.05, 4.69) is 35.6 Å². The SMILES string of the molecule is COc1ccc2cc1Oc1cc(ccc1OC)CCC(NC(=O)CCc1ccccc1)CCCC2. The van der Waals surface area contributed by atoms with Crippen molar-refractivity contribution < 1.29 is 19.0 Å². The number of aryl methyl sites for hydroxylation is 3. The van der Waals surface area contributed by atoms with Crippen molar-refractivity contribution in [3.8, 4) is 23.0 Å². The maximum Gasteiger partial charge on any atom is 0.220 e. The monoisotopic (exact) mass is 473 g/mol. The third-order valence-corrected chi connectivity index (χ3v) is 6.57. The summed E-state index contributed by atoms with van der Waals surface area (Å²) in [5.41, 5.74) is 3.55. The van der Waals surface area contributed by atoms with E-state index in [9.17, 15) is 4.79 Å². The van der Waals surface area contributed by atoms with E-state index in [-0.39, 0.29) is 11.9 Å². The van der Waals surface area contributed by atoms with Gasteiger partial charge in [-0.05, 0) is 79.5 Å². The van der Waals surface area contributed by atoms with E-state index in [1.807, 2.05) is 36.4 Å². The lowest BCUT2D eigenvalue weighted by atomic mass is 9.98. The smallest absolute Gasteiger partial charge is 0.220 e. The second-order valence-electron chi connectivity index (χ2n) is 9.11. The normalized spacial score (nSPS) is 15.9. The van der Waals surface area contributed by atoms with E-state index in [1.165, 1.54) is 11.1 Å². The Labute approximate surface area is 208 Å². The van der Waals surface area contributed by atoms with Gasteiger partial charge in [0.05, 0.1) is 14.2 Å². The molecule has 0 aliphatic carbocycles. The highest BCUT2D eigenvalue weighted by Gasteiger charge is 2.16. The lowest BCUT2D eigenvalue weighted by Crippen LogP contribution is -2.35. The van der Waals surface area contributed by atoms with Crippen LogP contribution in [0.25, 0.3) is 0 Å². The number of rotatable bonds is 6. The zero-order valence-corrected chi connectivity index (χ0v) is 20.7. The second-order valence-corrected chi connectivity index (χ2v) is 9.11. The Hall–Kier alpha value is -3.47. The number of methoxy groups -OCH3 is 2. The summed E-state index contributed by atoms with van der Waals surface area (Å²) in [6.45, 7) is 0. The molecule has 1 N–H and O–H groups in total. The van der Waals surface area contributed by atoms with E-state index in [0.29, 0.717) is 29.4 Å². The minimum absolute atomic E-state index is 0.124. The van der Waals surface area contributed by atoms with Crippen LogP contribution in [0.3, 0.4) is 0 Å². The molecule has 1 amide bonds. The van der Waals surface area contributed by atoms with Crippen molar-refractivity contribution >= 4 is 5.91 Å². The molecule has 0 aromatic heterocycles. The van der Waals surface area contributed by atoms with Crippen molar-refractivity contribution in [3.63, 3.8) is 0 Å². The van der Waals surface area contributed by atoms with Crippen LogP contribution in [0.5, 0.6) is 23.0 Å². The van der Waals surface area contributed by atoms with Gasteiger partial charge in [0.25, 0.3) is 0 Å². The molecule has 0 spiro atoms. The van der Waals surface area contributed by atoms with Gasteiger partial charge in [0.15, 0.2) is 23.0 Å². The third-order valence-electron chi connectivity index (χ3n) is 6.57. The molecule has 3 aromatic rings. The Balaban J connectivity index is 1.49. The Morgan fingerprint density at radius 3 is 2.17 bits per heavy atom. The molecule has 1 aliphatic rings. The number of benzene rings is 3. The molecule has 1 unspecified atom stereocenters. The molecule has 0 saturated heterocycles. The average Bonchev–Trinajstić information content (AvgIpc) is 2.89. The highest BCUT2D eigenvalue weighted by Crippen LogP contribution is 2.38. The molecule has 4 bridgehead atoms. The standard InChI is InChI=1S/C30H35NO4/c1-33-26-17-13-23-10-6-7-11-25(31-30(32)19-15-22-8-4-3-5-9-22)16-12-24-14-18-27(34-2)29(21-24)35-28(26)20-23/h3-5,8-9,13-14,17-18,20-21,25H,6-7,10-12,15-16,19H2,1-2H3,(H,31,32). The summed E-state index contributed by atoms with van der Waals surface area (Å²) in [5.74, 6) is 2.87. The van der Waals surface area contributed by atoms with Crippen molar-refractivity contribution in [2.24, 2.45) is 0 Å². The van der Waals surface area contributed by atoms with Gasteiger partial charge in [0.2, 0.25) is 5.91 Å². The molecule has 4 rings (SSSR count). The zero-order valence-electron chi connectivity index (χ0n) is 20.7. The van der Waals surface area contributed by atoms with E-state index in [4.69, 9.17) is 14.2 Å². The Kier molecular flexibility index (Phi) is 8.66. The largest absolute Gasteiger partial charge is 0.493 e. The molecular formula is C30H35NO4. The first-order chi connectivity index (χ1) is 17.1. The van der Waals surface area contributed by atoms with Gasteiger partial charge in [-0.2, -0.15) is 0 Å². The Morgan fingerprint density at radius 1 is 0.857 bits per heavy atom. The Morgan fingerprint density at radius 2 is 1.51 bits per heavy atom. The number of hydrogen-bond donors (Lipinski definition) is 1. The number of carbonyl (C=O) groups excluding carboxylic acids is 1. The summed E-state index contributed by atoms with van der Waals surface area (Å²) in [6, 6.07) is 22.5. The topological polar surface area (TPSA) is 56.8 Å². The lowest BCUT2D eigenvalue weighted by molar-refractivity contribution is -0.121. The van der Waals surface area contributed by atoms with Gasteiger partial charge in [0.1, 0.15) is 0 Å². The molecule has 1 heterocycles. The van der Waals surface area contributed by atoms with Gasteiger partial charge < -0.3 is 19.5 Å².